The van der Waals surface area contributed by atoms with Crippen LogP contribution in [0, 0.1) is 5.82 Å². The number of hydrogen-bond donors (Lipinski definition) is 2. The van der Waals surface area contributed by atoms with Gasteiger partial charge in [0.05, 0.1) is 16.2 Å². The molecule has 1 atom stereocenters. The predicted molar refractivity (Wildman–Crippen MR) is 71.1 cm³/mol. The summed E-state index contributed by atoms with van der Waals surface area (Å²) >= 11 is 3.25. The Labute approximate surface area is 113 Å². The second-order valence-electron chi connectivity index (χ2n) is 4.05. The van der Waals surface area contributed by atoms with E-state index >= 15 is 0 Å². The molecule has 0 amide bonds. The molecule has 1 aromatic carbocycles. The molecule has 0 aliphatic heterocycles. The maximum Gasteiger partial charge on any atom is 0.137 e. The predicted octanol–water partition coefficient (Wildman–Crippen LogP) is 2.07. The summed E-state index contributed by atoms with van der Waals surface area (Å²) in [6.45, 7) is 0. The number of hydrazine groups is 1. The highest BCUT2D eigenvalue weighted by molar-refractivity contribution is 9.10. The second kappa shape index (κ2) is 5.60. The summed E-state index contributed by atoms with van der Waals surface area (Å²) in [6, 6.07) is 6.70. The van der Waals surface area contributed by atoms with E-state index < -0.39 is 0 Å². The zero-order valence-corrected chi connectivity index (χ0v) is 11.5. The average molecular weight is 313 g/mol. The van der Waals surface area contributed by atoms with Crippen LogP contribution in [0.5, 0.6) is 0 Å². The minimum absolute atomic E-state index is 0.149. The summed E-state index contributed by atoms with van der Waals surface area (Å²) in [6.07, 6.45) is 2.41. The van der Waals surface area contributed by atoms with Crippen LogP contribution in [0.2, 0.25) is 0 Å². The highest BCUT2D eigenvalue weighted by atomic mass is 79.9. The van der Waals surface area contributed by atoms with E-state index in [4.69, 9.17) is 5.84 Å². The number of nitrogens with zero attached hydrogens (tertiary/aromatic N) is 2. The first kappa shape index (κ1) is 13.2. The number of hydrogen-bond acceptors (Lipinski definition) is 3. The number of aryl methyl sites for hydroxylation is 1. The number of nitrogens with one attached hydrogen (secondary N) is 1. The minimum atomic E-state index is -0.274. The molecule has 0 saturated carbocycles. The summed E-state index contributed by atoms with van der Waals surface area (Å²) in [7, 11) is 1.84. The van der Waals surface area contributed by atoms with Gasteiger partial charge in [-0.1, -0.05) is 12.1 Å². The number of aromatic nitrogens is 2. The Morgan fingerprint density at radius 1 is 1.50 bits per heavy atom. The van der Waals surface area contributed by atoms with E-state index in [9.17, 15) is 4.39 Å². The molecule has 0 bridgehead atoms. The zero-order valence-electron chi connectivity index (χ0n) is 9.90. The van der Waals surface area contributed by atoms with Gasteiger partial charge in [0.25, 0.3) is 0 Å². The van der Waals surface area contributed by atoms with Gasteiger partial charge >= 0.3 is 0 Å². The van der Waals surface area contributed by atoms with Crippen molar-refractivity contribution in [3.05, 3.63) is 52.0 Å². The van der Waals surface area contributed by atoms with Crippen molar-refractivity contribution in [2.75, 3.05) is 0 Å². The van der Waals surface area contributed by atoms with Crippen molar-refractivity contribution in [2.45, 2.75) is 12.5 Å². The molecule has 0 saturated heterocycles. The van der Waals surface area contributed by atoms with Gasteiger partial charge in [0.2, 0.25) is 0 Å². The van der Waals surface area contributed by atoms with Gasteiger partial charge in [-0.25, -0.2) is 4.39 Å². The lowest BCUT2D eigenvalue weighted by molar-refractivity contribution is 0.525. The molecule has 0 fully saturated rings. The van der Waals surface area contributed by atoms with Gasteiger partial charge in [-0.05, 0) is 40.0 Å². The molecule has 0 spiro atoms. The summed E-state index contributed by atoms with van der Waals surface area (Å²) in [4.78, 5) is 0. The van der Waals surface area contributed by atoms with Crippen molar-refractivity contribution in [3.63, 3.8) is 0 Å². The quantitative estimate of drug-likeness (QED) is 0.671. The smallest absolute Gasteiger partial charge is 0.137 e. The highest BCUT2D eigenvalue weighted by Gasteiger charge is 2.16. The third kappa shape index (κ3) is 2.77. The van der Waals surface area contributed by atoms with Gasteiger partial charge in [0.1, 0.15) is 5.82 Å². The van der Waals surface area contributed by atoms with Crippen LogP contribution < -0.4 is 11.3 Å². The van der Waals surface area contributed by atoms with Crippen molar-refractivity contribution in [2.24, 2.45) is 12.9 Å². The Morgan fingerprint density at radius 2 is 2.28 bits per heavy atom. The lowest BCUT2D eigenvalue weighted by Crippen LogP contribution is -2.30. The molecular weight excluding hydrogens is 299 g/mol. The summed E-state index contributed by atoms with van der Waals surface area (Å²) in [5.41, 5.74) is 4.39. The fourth-order valence-corrected chi connectivity index (χ4v) is 2.22. The number of nitrogens with two attached hydrogens (primary N) is 1. The number of halogens is 2. The van der Waals surface area contributed by atoms with Crippen LogP contribution in [0.4, 0.5) is 4.39 Å². The fraction of sp³-hybridized carbons (Fsp3) is 0.250. The Hall–Kier alpha value is -1.24. The van der Waals surface area contributed by atoms with Crippen LogP contribution >= 0.6 is 15.9 Å². The molecule has 18 heavy (non-hydrogen) atoms. The highest BCUT2D eigenvalue weighted by Crippen LogP contribution is 2.25. The molecule has 6 heteroatoms. The molecule has 2 aromatic rings. The monoisotopic (exact) mass is 312 g/mol. The van der Waals surface area contributed by atoms with Crippen LogP contribution in [0.15, 0.2) is 34.9 Å². The molecule has 1 heterocycles. The van der Waals surface area contributed by atoms with Crippen LogP contribution in [0.25, 0.3) is 0 Å². The number of benzene rings is 1. The Kier molecular flexibility index (Phi) is 4.11. The third-order valence-corrected chi connectivity index (χ3v) is 3.64. The topological polar surface area (TPSA) is 55.9 Å². The molecule has 1 aromatic heterocycles. The van der Waals surface area contributed by atoms with Crippen molar-refractivity contribution >= 4 is 15.9 Å². The first-order chi connectivity index (χ1) is 8.61. The maximum atomic E-state index is 13.4. The van der Waals surface area contributed by atoms with Crippen LogP contribution in [-0.2, 0) is 13.5 Å². The van der Waals surface area contributed by atoms with Gasteiger partial charge in [-0.15, -0.1) is 0 Å². The maximum absolute atomic E-state index is 13.4. The van der Waals surface area contributed by atoms with Gasteiger partial charge in [-0.3, -0.25) is 16.0 Å². The molecule has 0 radical (unpaired) electrons. The van der Waals surface area contributed by atoms with E-state index in [-0.39, 0.29) is 11.9 Å². The molecule has 4 nitrogen and oxygen atoms in total. The Bertz CT molecular complexity index is 541. The normalized spacial score (nSPS) is 12.7. The van der Waals surface area contributed by atoms with E-state index in [1.807, 2.05) is 25.4 Å². The third-order valence-electron chi connectivity index (χ3n) is 2.75. The summed E-state index contributed by atoms with van der Waals surface area (Å²) in [5.74, 6) is 5.27. The first-order valence-corrected chi connectivity index (χ1v) is 6.29. The van der Waals surface area contributed by atoms with Crippen LogP contribution in [-0.4, -0.2) is 9.78 Å². The standard InChI is InChI=1S/C12H14BrFN4/c1-18-6-5-10(17-18)11(16-15)7-8-3-2-4-9(14)12(8)13/h2-6,11,16H,7,15H2,1H3. The van der Waals surface area contributed by atoms with Gasteiger partial charge < -0.3 is 0 Å². The summed E-state index contributed by atoms with van der Waals surface area (Å²) < 4.78 is 15.6. The molecular formula is C12H14BrFN4. The lowest BCUT2D eigenvalue weighted by Gasteiger charge is -2.14. The van der Waals surface area contributed by atoms with E-state index in [2.05, 4.69) is 26.5 Å². The first-order valence-electron chi connectivity index (χ1n) is 5.50. The second-order valence-corrected chi connectivity index (χ2v) is 4.84. The largest absolute Gasteiger partial charge is 0.275 e. The van der Waals surface area contributed by atoms with Crippen molar-refractivity contribution in [1.82, 2.24) is 15.2 Å². The molecule has 2 rings (SSSR count). The average Bonchev–Trinajstić information content (AvgIpc) is 2.78. The number of rotatable bonds is 4. The lowest BCUT2D eigenvalue weighted by atomic mass is 10.0. The van der Waals surface area contributed by atoms with Gasteiger partial charge in [0.15, 0.2) is 0 Å². The fourth-order valence-electron chi connectivity index (χ4n) is 1.79. The molecule has 0 aliphatic carbocycles. The molecule has 3 N–H and O–H groups in total. The van der Waals surface area contributed by atoms with E-state index in [0.717, 1.165) is 11.3 Å². The van der Waals surface area contributed by atoms with Crippen LogP contribution in [0.3, 0.4) is 0 Å². The van der Waals surface area contributed by atoms with E-state index in [1.165, 1.54) is 6.07 Å². The molecule has 1 unspecified atom stereocenters. The molecule has 96 valence electrons. The SMILES string of the molecule is Cn1ccc(C(Cc2cccc(F)c2Br)NN)n1. The van der Waals surface area contributed by atoms with E-state index in [0.29, 0.717) is 10.9 Å². The van der Waals surface area contributed by atoms with E-state index in [1.54, 1.807) is 10.7 Å². The minimum Gasteiger partial charge on any atom is -0.275 e. The van der Waals surface area contributed by atoms with Crippen LogP contribution in [0.1, 0.15) is 17.3 Å². The Balaban J connectivity index is 2.23. The Morgan fingerprint density at radius 3 is 2.89 bits per heavy atom. The zero-order chi connectivity index (χ0) is 13.1. The van der Waals surface area contributed by atoms with Crippen molar-refractivity contribution < 1.29 is 4.39 Å². The van der Waals surface area contributed by atoms with Gasteiger partial charge in [0, 0.05) is 13.2 Å². The van der Waals surface area contributed by atoms with Gasteiger partial charge in [-0.2, -0.15) is 5.10 Å². The summed E-state index contributed by atoms with van der Waals surface area (Å²) in [5, 5.41) is 4.30. The van der Waals surface area contributed by atoms with Crippen molar-refractivity contribution in [1.29, 1.82) is 0 Å². The van der Waals surface area contributed by atoms with Crippen molar-refractivity contribution in [3.8, 4) is 0 Å². The molecule has 0 aliphatic rings.